The van der Waals surface area contributed by atoms with E-state index >= 15 is 0 Å². The van der Waals surface area contributed by atoms with Gasteiger partial charge in [-0.3, -0.25) is 4.79 Å². The second kappa shape index (κ2) is 9.39. The van der Waals surface area contributed by atoms with Crippen molar-refractivity contribution in [3.05, 3.63) is 35.9 Å². The molecule has 0 spiro atoms. The lowest BCUT2D eigenvalue weighted by Gasteiger charge is -2.33. The van der Waals surface area contributed by atoms with Crippen molar-refractivity contribution in [2.24, 2.45) is 13.0 Å². The number of likely N-dealkylation sites (tertiary alicyclic amines) is 1. The predicted molar refractivity (Wildman–Crippen MR) is 127 cm³/mol. The van der Waals surface area contributed by atoms with E-state index in [0.717, 1.165) is 61.8 Å². The minimum absolute atomic E-state index is 0.00871. The summed E-state index contributed by atoms with van der Waals surface area (Å²) in [5.74, 6) is 1.40. The Bertz CT molecular complexity index is 1250. The summed E-state index contributed by atoms with van der Waals surface area (Å²) in [4.78, 5) is 27.9. The van der Waals surface area contributed by atoms with Gasteiger partial charge in [-0.15, -0.1) is 0 Å². The van der Waals surface area contributed by atoms with Gasteiger partial charge in [0.1, 0.15) is 11.7 Å². The molecule has 0 unspecified atom stereocenters. The SMILES string of the molecule is Cc1cc(-c2nc(C#N)nc3c2ccn3C)cnc1OCC1CCN(C(=O)[C@@H]2CCCN2)CC1. The van der Waals surface area contributed by atoms with Crippen LogP contribution in [0.2, 0.25) is 0 Å². The van der Waals surface area contributed by atoms with Crippen LogP contribution in [0.3, 0.4) is 0 Å². The Labute approximate surface area is 198 Å². The molecule has 1 N–H and O–H groups in total. The molecule has 0 saturated carbocycles. The quantitative estimate of drug-likeness (QED) is 0.625. The molecule has 2 saturated heterocycles. The molecule has 5 rings (SSSR count). The zero-order valence-corrected chi connectivity index (χ0v) is 19.6. The lowest BCUT2D eigenvalue weighted by Crippen LogP contribution is -2.47. The first-order valence-corrected chi connectivity index (χ1v) is 11.9. The van der Waals surface area contributed by atoms with Gasteiger partial charge < -0.3 is 19.5 Å². The average molecular weight is 460 g/mol. The summed E-state index contributed by atoms with van der Waals surface area (Å²) in [5, 5.41) is 13.5. The first-order chi connectivity index (χ1) is 16.5. The van der Waals surface area contributed by atoms with Crippen molar-refractivity contribution in [2.45, 2.75) is 38.6 Å². The van der Waals surface area contributed by atoms with Gasteiger partial charge in [-0.1, -0.05) is 0 Å². The molecule has 1 amide bonds. The zero-order chi connectivity index (χ0) is 23.7. The Morgan fingerprint density at radius 2 is 2.12 bits per heavy atom. The number of aryl methyl sites for hydroxylation is 2. The van der Waals surface area contributed by atoms with Crippen LogP contribution in [-0.2, 0) is 11.8 Å². The summed E-state index contributed by atoms with van der Waals surface area (Å²) in [5.41, 5.74) is 3.15. The highest BCUT2D eigenvalue weighted by molar-refractivity contribution is 5.91. The molecule has 2 aliphatic heterocycles. The van der Waals surface area contributed by atoms with E-state index < -0.39 is 0 Å². The van der Waals surface area contributed by atoms with Crippen LogP contribution in [0.5, 0.6) is 5.88 Å². The predicted octanol–water partition coefficient (Wildman–Crippen LogP) is 2.58. The lowest BCUT2D eigenvalue weighted by atomic mass is 9.97. The minimum atomic E-state index is 0.00871. The molecule has 0 radical (unpaired) electrons. The summed E-state index contributed by atoms with van der Waals surface area (Å²) >= 11 is 0. The van der Waals surface area contributed by atoms with E-state index in [9.17, 15) is 10.1 Å². The van der Waals surface area contributed by atoms with E-state index in [2.05, 4.69) is 20.3 Å². The number of pyridine rings is 1. The third-order valence-electron chi connectivity index (χ3n) is 6.87. The van der Waals surface area contributed by atoms with Crippen molar-refractivity contribution < 1.29 is 9.53 Å². The molecule has 2 aliphatic rings. The molecule has 3 aromatic heterocycles. The Morgan fingerprint density at radius 3 is 2.82 bits per heavy atom. The second-order valence-corrected chi connectivity index (χ2v) is 9.25. The number of fused-ring (bicyclic) bond motifs is 1. The molecular weight excluding hydrogens is 430 g/mol. The second-order valence-electron chi connectivity index (χ2n) is 9.25. The van der Waals surface area contributed by atoms with Gasteiger partial charge in [0.25, 0.3) is 0 Å². The van der Waals surface area contributed by atoms with Crippen molar-refractivity contribution in [1.29, 1.82) is 5.26 Å². The molecule has 2 fully saturated rings. The van der Waals surface area contributed by atoms with Crippen LogP contribution in [-0.4, -0.2) is 62.6 Å². The monoisotopic (exact) mass is 459 g/mol. The van der Waals surface area contributed by atoms with Crippen LogP contribution in [0.4, 0.5) is 0 Å². The Kier molecular flexibility index (Phi) is 6.16. The van der Waals surface area contributed by atoms with Gasteiger partial charge in [0.05, 0.1) is 18.3 Å². The summed E-state index contributed by atoms with van der Waals surface area (Å²) in [6.07, 6.45) is 7.57. The molecule has 1 atom stereocenters. The zero-order valence-electron chi connectivity index (χ0n) is 19.6. The number of nitrogens with one attached hydrogen (secondary N) is 1. The highest BCUT2D eigenvalue weighted by atomic mass is 16.5. The maximum atomic E-state index is 12.6. The highest BCUT2D eigenvalue weighted by Gasteiger charge is 2.30. The molecule has 3 aromatic rings. The number of carbonyl (C=O) groups is 1. The van der Waals surface area contributed by atoms with Crippen molar-refractivity contribution in [3.63, 3.8) is 0 Å². The molecule has 0 bridgehead atoms. The number of rotatable bonds is 5. The average Bonchev–Trinajstić information content (AvgIpc) is 3.53. The van der Waals surface area contributed by atoms with E-state index in [1.165, 1.54) is 0 Å². The molecular formula is C25H29N7O2. The molecule has 0 aliphatic carbocycles. The third kappa shape index (κ3) is 4.33. The number of piperidine rings is 1. The van der Waals surface area contributed by atoms with E-state index in [1.807, 2.05) is 47.8 Å². The third-order valence-corrected chi connectivity index (χ3v) is 6.87. The molecule has 34 heavy (non-hydrogen) atoms. The van der Waals surface area contributed by atoms with Gasteiger partial charge in [-0.05, 0) is 57.2 Å². The Balaban J connectivity index is 1.23. The number of aromatic nitrogens is 4. The lowest BCUT2D eigenvalue weighted by molar-refractivity contribution is -0.134. The summed E-state index contributed by atoms with van der Waals surface area (Å²) in [7, 11) is 1.90. The van der Waals surface area contributed by atoms with Crippen LogP contribution in [0.1, 0.15) is 37.1 Å². The van der Waals surface area contributed by atoms with Crippen molar-refractivity contribution in [2.75, 3.05) is 26.2 Å². The van der Waals surface area contributed by atoms with Gasteiger partial charge in [-0.2, -0.15) is 5.26 Å². The summed E-state index contributed by atoms with van der Waals surface area (Å²) < 4.78 is 7.96. The number of amides is 1. The van der Waals surface area contributed by atoms with Crippen LogP contribution in [0, 0.1) is 24.2 Å². The maximum Gasteiger partial charge on any atom is 0.239 e. The van der Waals surface area contributed by atoms with Gasteiger partial charge in [0, 0.05) is 49.0 Å². The van der Waals surface area contributed by atoms with Gasteiger partial charge in [0.2, 0.25) is 17.6 Å². The first kappa shape index (κ1) is 22.3. The van der Waals surface area contributed by atoms with Crippen molar-refractivity contribution in [1.82, 2.24) is 29.7 Å². The van der Waals surface area contributed by atoms with E-state index in [4.69, 9.17) is 4.74 Å². The molecule has 176 valence electrons. The number of hydrogen-bond donors (Lipinski definition) is 1. The largest absolute Gasteiger partial charge is 0.477 e. The number of carbonyl (C=O) groups excluding carboxylic acids is 1. The van der Waals surface area contributed by atoms with E-state index in [0.29, 0.717) is 29.7 Å². The van der Waals surface area contributed by atoms with Crippen molar-refractivity contribution in [3.8, 4) is 23.2 Å². The molecule has 5 heterocycles. The highest BCUT2D eigenvalue weighted by Crippen LogP contribution is 2.29. The van der Waals surface area contributed by atoms with Crippen LogP contribution in [0.15, 0.2) is 24.5 Å². The Morgan fingerprint density at radius 1 is 1.29 bits per heavy atom. The first-order valence-electron chi connectivity index (χ1n) is 11.9. The number of ether oxygens (including phenoxy) is 1. The molecule has 9 heteroatoms. The minimum Gasteiger partial charge on any atom is -0.477 e. The molecule has 0 aromatic carbocycles. The number of nitrogens with zero attached hydrogens (tertiary/aromatic N) is 6. The standard InChI is InChI=1S/C25H29N7O2/c1-16-12-18(22-19-7-9-31(2)23(19)30-21(13-26)29-22)14-28-24(16)34-15-17-5-10-32(11-6-17)25(33)20-4-3-8-27-20/h7,9,12,14,17,20,27H,3-6,8,10-11,15H2,1-2H3/t20-/m0/s1. The maximum absolute atomic E-state index is 12.6. The van der Waals surface area contributed by atoms with E-state index in [-0.39, 0.29) is 17.8 Å². The fraction of sp³-hybridized carbons (Fsp3) is 0.480. The number of nitriles is 1. The fourth-order valence-electron chi connectivity index (χ4n) is 4.88. The van der Waals surface area contributed by atoms with E-state index in [1.54, 1.807) is 6.20 Å². The van der Waals surface area contributed by atoms with Crippen molar-refractivity contribution >= 4 is 16.9 Å². The van der Waals surface area contributed by atoms with Crippen LogP contribution in [0.25, 0.3) is 22.3 Å². The smallest absolute Gasteiger partial charge is 0.239 e. The van der Waals surface area contributed by atoms with Crippen LogP contribution >= 0.6 is 0 Å². The number of hydrogen-bond acceptors (Lipinski definition) is 7. The van der Waals surface area contributed by atoms with Gasteiger partial charge >= 0.3 is 0 Å². The summed E-state index contributed by atoms with van der Waals surface area (Å²) in [6, 6.07) is 6.00. The topological polar surface area (TPSA) is 109 Å². The fourth-order valence-corrected chi connectivity index (χ4v) is 4.88. The summed E-state index contributed by atoms with van der Waals surface area (Å²) in [6.45, 7) is 5.08. The Hall–Kier alpha value is -3.51. The van der Waals surface area contributed by atoms with Gasteiger partial charge in [0.15, 0.2) is 0 Å². The van der Waals surface area contributed by atoms with Crippen LogP contribution < -0.4 is 10.1 Å². The van der Waals surface area contributed by atoms with Gasteiger partial charge in [-0.25, -0.2) is 15.0 Å². The molecule has 9 nitrogen and oxygen atoms in total. The normalized spacial score (nSPS) is 18.9.